The Bertz CT molecular complexity index is 345. The molecule has 0 aromatic heterocycles. The van der Waals surface area contributed by atoms with Crippen molar-refractivity contribution in [1.82, 2.24) is 4.90 Å². The lowest BCUT2D eigenvalue weighted by atomic mass is 9.75. The molecule has 1 aliphatic rings. The third-order valence-electron chi connectivity index (χ3n) is 2.39. The van der Waals surface area contributed by atoms with Crippen LogP contribution >= 0.6 is 0 Å². The number of hydrogen-bond donors (Lipinski definition) is 0. The second-order valence-electron chi connectivity index (χ2n) is 5.00. The zero-order valence-electron chi connectivity index (χ0n) is 15.3. The van der Waals surface area contributed by atoms with Crippen molar-refractivity contribution >= 4 is 0 Å². The normalized spacial score (nSPS) is 45.2. The molecule has 0 aromatic rings. The molecule has 1 fully saturated rings. The van der Waals surface area contributed by atoms with Crippen LogP contribution in [-0.2, 0) is 0 Å². The largest absolute Gasteiger partial charge is 0.301 e. The Hall–Kier alpha value is -0.0400. The van der Waals surface area contributed by atoms with Gasteiger partial charge in [0.25, 0.3) is 0 Å². The summed E-state index contributed by atoms with van der Waals surface area (Å²) in [6.45, 7) is 4.74. The Labute approximate surface area is 91.9 Å². The van der Waals surface area contributed by atoms with Crippen LogP contribution in [0.1, 0.15) is 55.6 Å². The topological polar surface area (TPSA) is 3.24 Å². The van der Waals surface area contributed by atoms with Crippen LogP contribution in [0.15, 0.2) is 0 Å². The van der Waals surface area contributed by atoms with Gasteiger partial charge in [-0.1, -0.05) is 20.8 Å². The molecule has 0 spiro atoms. The Morgan fingerprint density at radius 3 is 2.38 bits per heavy atom. The van der Waals surface area contributed by atoms with Crippen LogP contribution in [0, 0.1) is 11.3 Å². The number of hydrogen-bond acceptors (Lipinski definition) is 1. The van der Waals surface area contributed by atoms with Gasteiger partial charge in [-0.15, -0.1) is 0 Å². The van der Waals surface area contributed by atoms with Crippen molar-refractivity contribution in [1.29, 1.82) is 0 Å². The number of piperidine rings is 1. The molecular formula is C12H25N. The molecule has 0 bridgehead atoms. The van der Waals surface area contributed by atoms with Gasteiger partial charge in [0, 0.05) is 14.3 Å². The standard InChI is InChI=1S/C12H25N/c1-10(2)13-8-6-11(7-9-13)12(3,4)5/h10-11H,6-9H2,1-5H3/i6D2,8D2,9D2. The smallest absolute Gasteiger partial charge is 0.0431 e. The van der Waals surface area contributed by atoms with E-state index >= 15 is 0 Å². The van der Waals surface area contributed by atoms with Crippen LogP contribution in [0.3, 0.4) is 0 Å². The molecule has 1 unspecified atom stereocenters. The van der Waals surface area contributed by atoms with Gasteiger partial charge in [0.05, 0.1) is 0 Å². The van der Waals surface area contributed by atoms with Crippen LogP contribution in [0.5, 0.6) is 0 Å². The first-order valence-corrected chi connectivity index (χ1v) is 4.95. The number of nitrogens with zero attached hydrogens (tertiary/aromatic N) is 1. The molecule has 0 radical (unpaired) electrons. The van der Waals surface area contributed by atoms with Gasteiger partial charge in [-0.2, -0.15) is 0 Å². The van der Waals surface area contributed by atoms with Gasteiger partial charge in [0.2, 0.25) is 0 Å². The first-order chi connectivity index (χ1) is 8.15. The molecule has 1 heteroatoms. The van der Waals surface area contributed by atoms with E-state index in [1.165, 1.54) is 0 Å². The minimum Gasteiger partial charge on any atom is -0.301 e. The third kappa shape index (κ3) is 2.98. The predicted octanol–water partition coefficient (Wildman–Crippen LogP) is 3.15. The molecule has 1 heterocycles. The van der Waals surface area contributed by atoms with E-state index < -0.39 is 36.7 Å². The van der Waals surface area contributed by atoms with Gasteiger partial charge in [-0.3, -0.25) is 0 Å². The average Bonchev–Trinajstić information content (AvgIpc) is 2.08. The van der Waals surface area contributed by atoms with Crippen molar-refractivity contribution in [3.05, 3.63) is 0 Å². The van der Waals surface area contributed by atoms with E-state index in [9.17, 15) is 0 Å². The minimum atomic E-state index is -2.33. The molecule has 78 valence electrons. The summed E-state index contributed by atoms with van der Waals surface area (Å²) in [4.78, 5) is 1.04. The van der Waals surface area contributed by atoms with E-state index in [-0.39, 0.29) is 6.42 Å². The fourth-order valence-corrected chi connectivity index (χ4v) is 1.26. The van der Waals surface area contributed by atoms with Crippen LogP contribution in [0.2, 0.25) is 0 Å². The molecule has 1 saturated heterocycles. The van der Waals surface area contributed by atoms with Gasteiger partial charge in [0.1, 0.15) is 0 Å². The highest BCUT2D eigenvalue weighted by Crippen LogP contribution is 2.34. The maximum atomic E-state index is 8.23. The Morgan fingerprint density at radius 2 is 1.92 bits per heavy atom. The zero-order chi connectivity index (χ0) is 15.4. The first-order valence-electron chi connectivity index (χ1n) is 7.95. The Morgan fingerprint density at radius 1 is 1.31 bits per heavy atom. The Balaban J connectivity index is 3.38. The molecule has 0 aliphatic carbocycles. The van der Waals surface area contributed by atoms with Crippen LogP contribution < -0.4 is 0 Å². The molecule has 1 nitrogen and oxygen atoms in total. The molecule has 1 atom stereocenters. The van der Waals surface area contributed by atoms with Crippen molar-refractivity contribution in [3.8, 4) is 0 Å². The highest BCUT2D eigenvalue weighted by Gasteiger charge is 2.29. The summed E-state index contributed by atoms with van der Waals surface area (Å²) in [6, 6.07) is -0.402. The van der Waals surface area contributed by atoms with Crippen molar-refractivity contribution in [2.45, 2.75) is 53.5 Å². The molecule has 0 N–H and O–H groups in total. The molecule has 0 amide bonds. The van der Waals surface area contributed by atoms with Gasteiger partial charge in [-0.25, -0.2) is 0 Å². The minimum absolute atomic E-state index is 0.00118. The van der Waals surface area contributed by atoms with E-state index in [1.54, 1.807) is 13.8 Å². The van der Waals surface area contributed by atoms with Crippen molar-refractivity contribution < 1.29 is 8.22 Å². The monoisotopic (exact) mass is 189 g/mol. The molecular weight excluding hydrogens is 158 g/mol. The fourth-order valence-electron chi connectivity index (χ4n) is 1.26. The number of rotatable bonds is 1. The summed E-state index contributed by atoms with van der Waals surface area (Å²) in [7, 11) is 0. The van der Waals surface area contributed by atoms with Crippen LogP contribution in [-0.4, -0.2) is 23.9 Å². The van der Waals surface area contributed by atoms with Gasteiger partial charge >= 0.3 is 0 Å². The molecule has 1 rings (SSSR count). The lowest BCUT2D eigenvalue weighted by Gasteiger charge is -2.40. The maximum Gasteiger partial charge on any atom is 0.0431 e. The molecule has 1 aliphatic heterocycles. The lowest BCUT2D eigenvalue weighted by molar-refractivity contribution is 0.0930. The van der Waals surface area contributed by atoms with Gasteiger partial charge < -0.3 is 4.90 Å². The summed E-state index contributed by atoms with van der Waals surface area (Å²) in [5, 5.41) is 0. The molecule has 0 saturated carbocycles. The van der Waals surface area contributed by atoms with E-state index in [2.05, 4.69) is 0 Å². The first kappa shape index (κ1) is 5.16. The van der Waals surface area contributed by atoms with E-state index in [0.717, 1.165) is 4.90 Å². The zero-order valence-corrected chi connectivity index (χ0v) is 9.31. The maximum absolute atomic E-state index is 8.23. The summed E-state index contributed by atoms with van der Waals surface area (Å²) in [6.07, 6.45) is -2.09. The van der Waals surface area contributed by atoms with Crippen molar-refractivity contribution in [2.75, 3.05) is 13.0 Å². The van der Waals surface area contributed by atoms with Gasteiger partial charge in [-0.05, 0) is 51.0 Å². The highest BCUT2D eigenvalue weighted by atomic mass is 15.1. The Kier molecular flexibility index (Phi) is 1.59. The van der Waals surface area contributed by atoms with E-state index in [1.807, 2.05) is 20.8 Å². The summed E-state index contributed by atoms with van der Waals surface area (Å²) >= 11 is 0. The quantitative estimate of drug-likeness (QED) is 0.612. The second kappa shape index (κ2) is 4.00. The average molecular weight is 189 g/mol. The fraction of sp³-hybridized carbons (Fsp3) is 1.00. The van der Waals surface area contributed by atoms with E-state index in [0.29, 0.717) is 0 Å². The van der Waals surface area contributed by atoms with Crippen molar-refractivity contribution in [2.24, 2.45) is 11.3 Å². The highest BCUT2D eigenvalue weighted by molar-refractivity contribution is 4.81. The third-order valence-corrected chi connectivity index (χ3v) is 2.39. The summed E-state index contributed by atoms with van der Waals surface area (Å²) in [5.41, 5.74) is -0.493. The SMILES string of the molecule is [2H]C1([2H])CC(C(C)(C)C)C([2H])([2H])C([2H])([2H])N1C(C)C. The summed E-state index contributed by atoms with van der Waals surface area (Å²) in [5.74, 6) is -0.681. The predicted molar refractivity (Wildman–Crippen MR) is 58.9 cm³/mol. The van der Waals surface area contributed by atoms with Gasteiger partial charge in [0.15, 0.2) is 0 Å². The van der Waals surface area contributed by atoms with Crippen LogP contribution in [0.4, 0.5) is 0 Å². The second-order valence-corrected chi connectivity index (χ2v) is 5.00. The summed E-state index contributed by atoms with van der Waals surface area (Å²) < 4.78 is 49.1. The van der Waals surface area contributed by atoms with E-state index in [4.69, 9.17) is 8.22 Å². The molecule has 13 heavy (non-hydrogen) atoms. The lowest BCUT2D eigenvalue weighted by Crippen LogP contribution is -2.41. The van der Waals surface area contributed by atoms with Crippen LogP contribution in [0.25, 0.3) is 0 Å². The van der Waals surface area contributed by atoms with Crippen molar-refractivity contribution in [3.63, 3.8) is 0 Å². The molecule has 0 aromatic carbocycles. The number of likely N-dealkylation sites (tertiary alicyclic amines) is 1.